The molecule has 2 N–H and O–H groups in total. The summed E-state index contributed by atoms with van der Waals surface area (Å²) in [6.45, 7) is 8.23. The summed E-state index contributed by atoms with van der Waals surface area (Å²) in [7, 11) is 0. The van der Waals surface area contributed by atoms with Gasteiger partial charge in [-0.15, -0.1) is 0 Å². The Morgan fingerprint density at radius 1 is 1.00 bits per heavy atom. The maximum Gasteiger partial charge on any atom is 0.240 e. The molecule has 27 heavy (non-hydrogen) atoms. The van der Waals surface area contributed by atoms with Crippen molar-refractivity contribution in [2.45, 2.75) is 46.5 Å². The molecule has 0 saturated carbocycles. The fourth-order valence-corrected chi connectivity index (χ4v) is 2.53. The zero-order chi connectivity index (χ0) is 19.8. The van der Waals surface area contributed by atoms with Gasteiger partial charge in [0, 0.05) is 18.5 Å². The molecule has 0 spiro atoms. The lowest BCUT2D eigenvalue weighted by Crippen LogP contribution is -2.21. The summed E-state index contributed by atoms with van der Waals surface area (Å²) in [5.74, 6) is -0.00121. The van der Waals surface area contributed by atoms with E-state index in [4.69, 9.17) is 0 Å². The van der Waals surface area contributed by atoms with Crippen LogP contribution < -0.4 is 10.7 Å². The molecule has 0 heterocycles. The van der Waals surface area contributed by atoms with Crippen LogP contribution in [0.2, 0.25) is 0 Å². The van der Waals surface area contributed by atoms with E-state index in [-0.39, 0.29) is 24.7 Å². The van der Waals surface area contributed by atoms with Crippen molar-refractivity contribution in [3.8, 4) is 0 Å². The van der Waals surface area contributed by atoms with Crippen molar-refractivity contribution in [3.05, 3.63) is 64.7 Å². The molecule has 0 fully saturated rings. The lowest BCUT2D eigenvalue weighted by atomic mass is 10.0. The largest absolute Gasteiger partial charge is 0.326 e. The van der Waals surface area contributed by atoms with Gasteiger partial charge in [-0.25, -0.2) is 5.43 Å². The van der Waals surface area contributed by atoms with Crippen LogP contribution in [0, 0.1) is 13.8 Å². The predicted octanol–water partition coefficient (Wildman–Crippen LogP) is 4.30. The predicted molar refractivity (Wildman–Crippen MR) is 110 cm³/mol. The van der Waals surface area contributed by atoms with E-state index in [0.29, 0.717) is 5.92 Å². The maximum atomic E-state index is 12.0. The highest BCUT2D eigenvalue weighted by molar-refractivity contribution is 5.94. The van der Waals surface area contributed by atoms with Gasteiger partial charge in [0.05, 0.1) is 6.21 Å². The first-order chi connectivity index (χ1) is 12.9. The molecule has 142 valence electrons. The number of nitrogens with one attached hydrogen (secondary N) is 2. The minimum atomic E-state index is -0.291. The van der Waals surface area contributed by atoms with E-state index < -0.39 is 0 Å². The smallest absolute Gasteiger partial charge is 0.240 e. The quantitative estimate of drug-likeness (QED) is 0.567. The zero-order valence-corrected chi connectivity index (χ0v) is 16.4. The van der Waals surface area contributed by atoms with Crippen LogP contribution in [0.5, 0.6) is 0 Å². The third-order valence-electron chi connectivity index (χ3n) is 4.46. The van der Waals surface area contributed by atoms with Gasteiger partial charge in [0.15, 0.2) is 0 Å². The van der Waals surface area contributed by atoms with Gasteiger partial charge in [-0.2, -0.15) is 5.10 Å². The second-order valence-electron chi connectivity index (χ2n) is 6.91. The lowest BCUT2D eigenvalue weighted by Gasteiger charge is -2.10. The van der Waals surface area contributed by atoms with Crippen molar-refractivity contribution in [2.24, 2.45) is 5.10 Å². The molecule has 2 aromatic carbocycles. The molecule has 2 rings (SSSR count). The Hall–Kier alpha value is -2.95. The number of hydrazone groups is 1. The monoisotopic (exact) mass is 365 g/mol. The average molecular weight is 365 g/mol. The number of carbonyl (C=O) groups is 2. The van der Waals surface area contributed by atoms with E-state index in [1.807, 2.05) is 56.3 Å². The molecule has 2 amide bonds. The maximum absolute atomic E-state index is 12.0. The molecular formula is C22H27N3O2. The number of amides is 2. The molecule has 0 atom stereocenters. The molecule has 5 nitrogen and oxygen atoms in total. The highest BCUT2D eigenvalue weighted by atomic mass is 16.2. The summed E-state index contributed by atoms with van der Waals surface area (Å²) in [5.41, 5.74) is 7.55. The minimum absolute atomic E-state index is 0.0837. The van der Waals surface area contributed by atoms with E-state index in [2.05, 4.69) is 29.7 Å². The van der Waals surface area contributed by atoms with Crippen molar-refractivity contribution in [1.82, 2.24) is 5.43 Å². The molecule has 0 aliphatic carbocycles. The molecule has 0 radical (unpaired) electrons. The second-order valence-corrected chi connectivity index (χ2v) is 6.91. The first-order valence-corrected chi connectivity index (χ1v) is 9.14. The standard InChI is InChI=1S/C22H27N3O2/c1-15(2)19-10-8-18(9-11-19)14-23-25-22(27)13-12-21(26)24-20-7-5-6-16(3)17(20)4/h5-11,14-15H,12-13H2,1-4H3,(H,24,26)(H,25,27). The van der Waals surface area contributed by atoms with Crippen molar-refractivity contribution in [1.29, 1.82) is 0 Å². The number of carbonyl (C=O) groups excluding carboxylic acids is 2. The summed E-state index contributed by atoms with van der Waals surface area (Å²) < 4.78 is 0. The van der Waals surface area contributed by atoms with Crippen LogP contribution in [0.15, 0.2) is 47.6 Å². The van der Waals surface area contributed by atoms with E-state index in [9.17, 15) is 9.59 Å². The summed E-state index contributed by atoms with van der Waals surface area (Å²) >= 11 is 0. The third-order valence-corrected chi connectivity index (χ3v) is 4.46. The molecular weight excluding hydrogens is 338 g/mol. The minimum Gasteiger partial charge on any atom is -0.326 e. The van der Waals surface area contributed by atoms with Gasteiger partial charge in [-0.1, -0.05) is 50.2 Å². The summed E-state index contributed by atoms with van der Waals surface area (Å²) in [5, 5.41) is 6.79. The van der Waals surface area contributed by atoms with Gasteiger partial charge in [0.1, 0.15) is 0 Å². The van der Waals surface area contributed by atoms with Crippen LogP contribution in [0.1, 0.15) is 54.9 Å². The van der Waals surface area contributed by atoms with Crippen LogP contribution in [-0.4, -0.2) is 18.0 Å². The van der Waals surface area contributed by atoms with Gasteiger partial charge in [-0.05, 0) is 48.1 Å². The van der Waals surface area contributed by atoms with Gasteiger partial charge in [0.2, 0.25) is 11.8 Å². The summed E-state index contributed by atoms with van der Waals surface area (Å²) in [6, 6.07) is 13.8. The number of hydrogen-bond donors (Lipinski definition) is 2. The van der Waals surface area contributed by atoms with Crippen LogP contribution >= 0.6 is 0 Å². The Labute approximate surface area is 160 Å². The lowest BCUT2D eigenvalue weighted by molar-refractivity contribution is -0.124. The van der Waals surface area contributed by atoms with E-state index >= 15 is 0 Å². The number of aryl methyl sites for hydroxylation is 1. The molecule has 0 bridgehead atoms. The van der Waals surface area contributed by atoms with Crippen LogP contribution in [0.3, 0.4) is 0 Å². The molecule has 0 unspecified atom stereocenters. The Balaban J connectivity index is 1.77. The second kappa shape index (κ2) is 9.67. The van der Waals surface area contributed by atoms with Gasteiger partial charge in [0.25, 0.3) is 0 Å². The van der Waals surface area contributed by atoms with E-state index in [0.717, 1.165) is 22.4 Å². The Kier molecular flexibility index (Phi) is 7.29. The zero-order valence-electron chi connectivity index (χ0n) is 16.4. The van der Waals surface area contributed by atoms with Gasteiger partial charge in [-0.3, -0.25) is 9.59 Å². The van der Waals surface area contributed by atoms with Crippen LogP contribution in [-0.2, 0) is 9.59 Å². The summed E-state index contributed by atoms with van der Waals surface area (Å²) in [4.78, 5) is 23.9. The number of hydrogen-bond acceptors (Lipinski definition) is 3. The third kappa shape index (κ3) is 6.37. The Bertz CT molecular complexity index is 824. The van der Waals surface area contributed by atoms with Crippen molar-refractivity contribution in [2.75, 3.05) is 5.32 Å². The topological polar surface area (TPSA) is 70.6 Å². The fourth-order valence-electron chi connectivity index (χ4n) is 2.53. The number of nitrogens with zero attached hydrogens (tertiary/aromatic N) is 1. The van der Waals surface area contributed by atoms with Gasteiger partial charge < -0.3 is 5.32 Å². The Morgan fingerprint density at radius 2 is 1.67 bits per heavy atom. The van der Waals surface area contributed by atoms with E-state index in [1.165, 1.54) is 5.56 Å². The number of anilines is 1. The fraction of sp³-hybridized carbons (Fsp3) is 0.318. The van der Waals surface area contributed by atoms with Crippen LogP contribution in [0.4, 0.5) is 5.69 Å². The van der Waals surface area contributed by atoms with Crippen molar-refractivity contribution < 1.29 is 9.59 Å². The molecule has 0 aliphatic rings. The number of benzene rings is 2. The molecule has 0 aliphatic heterocycles. The SMILES string of the molecule is Cc1cccc(NC(=O)CCC(=O)NN=Cc2ccc(C(C)C)cc2)c1C. The molecule has 0 saturated heterocycles. The molecule has 0 aromatic heterocycles. The van der Waals surface area contributed by atoms with Gasteiger partial charge >= 0.3 is 0 Å². The number of rotatable bonds is 7. The van der Waals surface area contributed by atoms with Crippen molar-refractivity contribution in [3.63, 3.8) is 0 Å². The van der Waals surface area contributed by atoms with E-state index in [1.54, 1.807) is 6.21 Å². The molecule has 5 heteroatoms. The first kappa shape index (κ1) is 20.4. The van der Waals surface area contributed by atoms with Crippen molar-refractivity contribution >= 4 is 23.7 Å². The first-order valence-electron chi connectivity index (χ1n) is 9.14. The summed E-state index contributed by atoms with van der Waals surface area (Å²) in [6.07, 6.45) is 1.79. The van der Waals surface area contributed by atoms with Crippen LogP contribution in [0.25, 0.3) is 0 Å². The Morgan fingerprint density at radius 3 is 2.33 bits per heavy atom. The molecule has 2 aromatic rings. The highest BCUT2D eigenvalue weighted by Gasteiger charge is 2.08. The normalized spacial score (nSPS) is 11.0. The highest BCUT2D eigenvalue weighted by Crippen LogP contribution is 2.18. The average Bonchev–Trinajstić information content (AvgIpc) is 2.64.